The smallest absolute Gasteiger partial charge is 0.254 e. The van der Waals surface area contributed by atoms with Gasteiger partial charge in [-0.25, -0.2) is 12.7 Å². The summed E-state index contributed by atoms with van der Waals surface area (Å²) in [6, 6.07) is 6.69. The number of aromatic nitrogens is 1. The van der Waals surface area contributed by atoms with Crippen molar-refractivity contribution in [1.82, 2.24) is 14.4 Å². The predicted octanol–water partition coefficient (Wildman–Crippen LogP) is 2.71. The number of piperidine rings is 1. The summed E-state index contributed by atoms with van der Waals surface area (Å²) >= 11 is 6.33. The molecule has 0 radical (unpaired) electrons. The molecule has 2 aromatic rings. The summed E-state index contributed by atoms with van der Waals surface area (Å²) in [5.41, 5.74) is 1.20. The van der Waals surface area contributed by atoms with Gasteiger partial charge >= 0.3 is 0 Å². The third kappa shape index (κ3) is 5.49. The number of nitrogens with zero attached hydrogens (tertiary/aromatic N) is 3. The average molecular weight is 442 g/mol. The van der Waals surface area contributed by atoms with Crippen molar-refractivity contribution < 1.29 is 22.5 Å². The molecule has 1 fully saturated rings. The van der Waals surface area contributed by atoms with Gasteiger partial charge in [0.2, 0.25) is 10.0 Å². The fourth-order valence-corrected chi connectivity index (χ4v) is 4.31. The van der Waals surface area contributed by atoms with Crippen LogP contribution >= 0.6 is 11.6 Å². The number of aryl methyl sites for hydroxylation is 1. The summed E-state index contributed by atoms with van der Waals surface area (Å²) in [6.45, 7) is 2.96. The molecule has 158 valence electrons. The van der Waals surface area contributed by atoms with Crippen molar-refractivity contribution in [3.63, 3.8) is 0 Å². The van der Waals surface area contributed by atoms with Crippen LogP contribution in [-0.4, -0.2) is 61.2 Å². The summed E-state index contributed by atoms with van der Waals surface area (Å²) < 4.78 is 35.7. The molecule has 29 heavy (non-hydrogen) atoms. The largest absolute Gasteiger partial charge is 0.489 e. The molecule has 0 aliphatic carbocycles. The Bertz CT molecular complexity index is 983. The van der Waals surface area contributed by atoms with Crippen molar-refractivity contribution in [2.45, 2.75) is 32.4 Å². The van der Waals surface area contributed by atoms with Crippen molar-refractivity contribution in [2.24, 2.45) is 0 Å². The molecule has 0 saturated carbocycles. The molecule has 1 amide bonds. The van der Waals surface area contributed by atoms with E-state index in [0.717, 1.165) is 5.69 Å². The van der Waals surface area contributed by atoms with E-state index in [0.29, 0.717) is 54.6 Å². The Kier molecular flexibility index (Phi) is 6.50. The lowest BCUT2D eigenvalue weighted by Gasteiger charge is -2.30. The lowest BCUT2D eigenvalue weighted by molar-refractivity contribution is 0.0772. The van der Waals surface area contributed by atoms with Gasteiger partial charge in [0.15, 0.2) is 5.76 Å². The van der Waals surface area contributed by atoms with E-state index in [-0.39, 0.29) is 12.0 Å². The lowest BCUT2D eigenvalue weighted by Crippen LogP contribution is -2.41. The second-order valence-corrected chi connectivity index (χ2v) is 9.61. The van der Waals surface area contributed by atoms with Gasteiger partial charge in [-0.2, -0.15) is 0 Å². The van der Waals surface area contributed by atoms with Gasteiger partial charge in [-0.15, -0.1) is 0 Å². The number of sulfonamides is 1. The quantitative estimate of drug-likeness (QED) is 0.684. The SMILES string of the molecule is Cc1cc(CN(C)C(=O)c2ccc(OC3CCN(S(C)(=O)=O)CC3)c(Cl)c2)on1. The van der Waals surface area contributed by atoms with E-state index in [1.807, 2.05) is 6.92 Å². The molecule has 2 heterocycles. The monoisotopic (exact) mass is 441 g/mol. The van der Waals surface area contributed by atoms with Gasteiger partial charge in [0, 0.05) is 31.8 Å². The Labute approximate surface area is 175 Å². The first kappa shape index (κ1) is 21.6. The van der Waals surface area contributed by atoms with Crippen LogP contribution in [0.2, 0.25) is 5.02 Å². The van der Waals surface area contributed by atoms with Crippen LogP contribution in [0.15, 0.2) is 28.8 Å². The Morgan fingerprint density at radius 3 is 2.59 bits per heavy atom. The van der Waals surface area contributed by atoms with E-state index in [4.69, 9.17) is 20.9 Å². The van der Waals surface area contributed by atoms with Crippen LogP contribution in [0.25, 0.3) is 0 Å². The molecule has 0 N–H and O–H groups in total. The summed E-state index contributed by atoms with van der Waals surface area (Å²) in [5, 5.41) is 4.15. The average Bonchev–Trinajstić information content (AvgIpc) is 3.07. The van der Waals surface area contributed by atoms with Crippen LogP contribution in [0.4, 0.5) is 0 Å². The fraction of sp³-hybridized carbons (Fsp3) is 0.474. The van der Waals surface area contributed by atoms with Crippen molar-refractivity contribution in [3.05, 3.63) is 46.3 Å². The molecule has 8 nitrogen and oxygen atoms in total. The molecule has 0 unspecified atom stereocenters. The van der Waals surface area contributed by atoms with E-state index in [2.05, 4.69) is 5.16 Å². The maximum atomic E-state index is 12.6. The number of hydrogen-bond acceptors (Lipinski definition) is 6. The second kappa shape index (κ2) is 8.73. The highest BCUT2D eigenvalue weighted by Gasteiger charge is 2.26. The Hall–Kier alpha value is -2.10. The van der Waals surface area contributed by atoms with E-state index >= 15 is 0 Å². The molecule has 0 bridgehead atoms. The summed E-state index contributed by atoms with van der Waals surface area (Å²) in [5.74, 6) is 0.883. The molecular formula is C19H24ClN3O5S. The van der Waals surface area contributed by atoms with Crippen LogP contribution < -0.4 is 4.74 Å². The van der Waals surface area contributed by atoms with Gasteiger partial charge in [-0.05, 0) is 38.0 Å². The molecule has 0 atom stereocenters. The molecule has 1 aromatic heterocycles. The Morgan fingerprint density at radius 2 is 2.03 bits per heavy atom. The number of halogens is 1. The van der Waals surface area contributed by atoms with E-state index in [1.165, 1.54) is 15.5 Å². The number of hydrogen-bond donors (Lipinski definition) is 0. The number of ether oxygens (including phenoxy) is 1. The number of carbonyl (C=O) groups is 1. The van der Waals surface area contributed by atoms with E-state index in [9.17, 15) is 13.2 Å². The maximum absolute atomic E-state index is 12.6. The van der Waals surface area contributed by atoms with Crippen molar-refractivity contribution in [2.75, 3.05) is 26.4 Å². The van der Waals surface area contributed by atoms with Crippen LogP contribution in [-0.2, 0) is 16.6 Å². The number of amides is 1. The first-order chi connectivity index (χ1) is 13.6. The predicted molar refractivity (Wildman–Crippen MR) is 109 cm³/mol. The summed E-state index contributed by atoms with van der Waals surface area (Å²) in [4.78, 5) is 14.2. The first-order valence-electron chi connectivity index (χ1n) is 9.22. The summed E-state index contributed by atoms with van der Waals surface area (Å²) in [6.07, 6.45) is 2.26. The molecular weight excluding hydrogens is 418 g/mol. The van der Waals surface area contributed by atoms with Crippen LogP contribution in [0.3, 0.4) is 0 Å². The van der Waals surface area contributed by atoms with Gasteiger partial charge in [0.1, 0.15) is 11.9 Å². The van der Waals surface area contributed by atoms with Crippen molar-refractivity contribution >= 4 is 27.5 Å². The van der Waals surface area contributed by atoms with Crippen molar-refractivity contribution in [1.29, 1.82) is 0 Å². The zero-order valence-corrected chi connectivity index (χ0v) is 18.2. The number of benzene rings is 1. The van der Waals surface area contributed by atoms with Gasteiger partial charge in [-0.3, -0.25) is 4.79 Å². The lowest BCUT2D eigenvalue weighted by atomic mass is 10.1. The van der Waals surface area contributed by atoms with Gasteiger partial charge < -0.3 is 14.2 Å². The summed E-state index contributed by atoms with van der Waals surface area (Å²) in [7, 11) is -1.50. The van der Waals surface area contributed by atoms with Gasteiger partial charge in [-0.1, -0.05) is 16.8 Å². The van der Waals surface area contributed by atoms with Gasteiger partial charge in [0.05, 0.1) is 23.5 Å². The molecule has 10 heteroatoms. The molecule has 3 rings (SSSR count). The molecule has 0 spiro atoms. The Morgan fingerprint density at radius 1 is 1.34 bits per heavy atom. The third-order valence-electron chi connectivity index (χ3n) is 4.76. The van der Waals surface area contributed by atoms with Crippen molar-refractivity contribution in [3.8, 4) is 5.75 Å². The van der Waals surface area contributed by atoms with Crippen LogP contribution in [0, 0.1) is 6.92 Å². The number of carbonyl (C=O) groups excluding carboxylic acids is 1. The topological polar surface area (TPSA) is 93.0 Å². The minimum absolute atomic E-state index is 0.121. The zero-order chi connectivity index (χ0) is 21.2. The highest BCUT2D eigenvalue weighted by atomic mass is 35.5. The number of rotatable bonds is 6. The minimum Gasteiger partial charge on any atom is -0.489 e. The third-order valence-corrected chi connectivity index (χ3v) is 6.36. The van der Waals surface area contributed by atoms with Crippen LogP contribution in [0.1, 0.15) is 34.7 Å². The first-order valence-corrected chi connectivity index (χ1v) is 11.4. The highest BCUT2D eigenvalue weighted by Crippen LogP contribution is 2.29. The fourth-order valence-electron chi connectivity index (χ4n) is 3.21. The maximum Gasteiger partial charge on any atom is 0.254 e. The van der Waals surface area contributed by atoms with E-state index < -0.39 is 10.0 Å². The minimum atomic E-state index is -3.18. The standard InChI is InChI=1S/C19H24ClN3O5S/c1-13-10-16(28-21-13)12-22(2)19(24)14-4-5-18(17(20)11-14)27-15-6-8-23(9-7-15)29(3,25)26/h4-5,10-11,15H,6-9,12H2,1-3H3. The molecule has 1 aromatic carbocycles. The Balaban J connectivity index is 1.60. The molecule has 1 aliphatic heterocycles. The zero-order valence-electron chi connectivity index (χ0n) is 16.6. The second-order valence-electron chi connectivity index (χ2n) is 7.22. The van der Waals surface area contributed by atoms with Crippen LogP contribution in [0.5, 0.6) is 5.75 Å². The van der Waals surface area contributed by atoms with E-state index in [1.54, 1.807) is 31.3 Å². The molecule has 1 aliphatic rings. The van der Waals surface area contributed by atoms with Gasteiger partial charge in [0.25, 0.3) is 5.91 Å². The highest BCUT2D eigenvalue weighted by molar-refractivity contribution is 7.88. The molecule has 1 saturated heterocycles. The normalized spacial score (nSPS) is 16.0.